The van der Waals surface area contributed by atoms with Gasteiger partial charge < -0.3 is 9.84 Å². The van der Waals surface area contributed by atoms with Gasteiger partial charge in [0.15, 0.2) is 11.5 Å². The van der Waals surface area contributed by atoms with Gasteiger partial charge in [0.05, 0.1) is 18.8 Å². The number of nitrogens with one attached hydrogen (secondary N) is 1. The SMILES string of the molecule is Fc1cccc(Cn2cc(-c3nc([C@H]4CCCCCN4)no3)nn2)c1. The van der Waals surface area contributed by atoms with Crippen molar-refractivity contribution in [2.45, 2.75) is 38.3 Å². The lowest BCUT2D eigenvalue weighted by molar-refractivity contribution is 0.401. The van der Waals surface area contributed by atoms with Crippen LogP contribution in [-0.4, -0.2) is 31.7 Å². The van der Waals surface area contributed by atoms with Crippen molar-refractivity contribution in [2.75, 3.05) is 6.54 Å². The van der Waals surface area contributed by atoms with Crippen LogP contribution in [0.5, 0.6) is 0 Å². The van der Waals surface area contributed by atoms with Crippen molar-refractivity contribution in [1.82, 2.24) is 30.5 Å². The number of hydrogen-bond donors (Lipinski definition) is 1. The van der Waals surface area contributed by atoms with Crippen molar-refractivity contribution in [1.29, 1.82) is 0 Å². The van der Waals surface area contributed by atoms with Gasteiger partial charge in [0.2, 0.25) is 0 Å². The molecule has 25 heavy (non-hydrogen) atoms. The minimum atomic E-state index is -0.268. The molecule has 4 rings (SSSR count). The van der Waals surface area contributed by atoms with E-state index in [0.29, 0.717) is 24.0 Å². The maximum Gasteiger partial charge on any atom is 0.280 e. The third-order valence-corrected chi connectivity index (χ3v) is 4.31. The zero-order chi connectivity index (χ0) is 17.1. The smallest absolute Gasteiger partial charge is 0.280 e. The largest absolute Gasteiger partial charge is 0.332 e. The van der Waals surface area contributed by atoms with E-state index in [0.717, 1.165) is 24.9 Å². The molecule has 1 atom stereocenters. The van der Waals surface area contributed by atoms with E-state index < -0.39 is 0 Å². The number of aromatic nitrogens is 5. The lowest BCUT2D eigenvalue weighted by Gasteiger charge is -2.09. The first-order valence-corrected chi connectivity index (χ1v) is 8.50. The van der Waals surface area contributed by atoms with Crippen LogP contribution in [0.3, 0.4) is 0 Å². The predicted octanol–water partition coefficient (Wildman–Crippen LogP) is 2.72. The molecule has 3 heterocycles. The Morgan fingerprint density at radius 3 is 3.16 bits per heavy atom. The number of halogens is 1. The molecule has 8 heteroatoms. The van der Waals surface area contributed by atoms with Crippen LogP contribution >= 0.6 is 0 Å². The van der Waals surface area contributed by atoms with Crippen molar-refractivity contribution in [2.24, 2.45) is 0 Å². The summed E-state index contributed by atoms with van der Waals surface area (Å²) in [5.41, 5.74) is 1.33. The molecule has 0 saturated carbocycles. The molecule has 0 unspecified atom stereocenters. The maximum absolute atomic E-state index is 13.3. The van der Waals surface area contributed by atoms with Crippen LogP contribution in [0.25, 0.3) is 11.6 Å². The fourth-order valence-electron chi connectivity index (χ4n) is 3.03. The predicted molar refractivity (Wildman–Crippen MR) is 88.0 cm³/mol. The molecule has 2 aromatic heterocycles. The van der Waals surface area contributed by atoms with Crippen molar-refractivity contribution in [3.8, 4) is 11.6 Å². The van der Waals surface area contributed by atoms with Gasteiger partial charge in [-0.1, -0.05) is 35.3 Å². The Balaban J connectivity index is 1.48. The van der Waals surface area contributed by atoms with Crippen LogP contribution in [-0.2, 0) is 6.54 Å². The van der Waals surface area contributed by atoms with Crippen molar-refractivity contribution < 1.29 is 8.91 Å². The van der Waals surface area contributed by atoms with Crippen LogP contribution in [0, 0.1) is 5.82 Å². The monoisotopic (exact) mass is 342 g/mol. The first kappa shape index (κ1) is 15.9. The van der Waals surface area contributed by atoms with E-state index in [1.807, 2.05) is 6.07 Å². The first-order chi connectivity index (χ1) is 12.3. The zero-order valence-corrected chi connectivity index (χ0v) is 13.7. The van der Waals surface area contributed by atoms with Gasteiger partial charge in [-0.25, -0.2) is 9.07 Å². The van der Waals surface area contributed by atoms with E-state index in [1.165, 1.54) is 25.0 Å². The van der Waals surface area contributed by atoms with E-state index in [9.17, 15) is 4.39 Å². The van der Waals surface area contributed by atoms with Gasteiger partial charge in [0, 0.05) is 0 Å². The number of hydrogen-bond acceptors (Lipinski definition) is 6. The summed E-state index contributed by atoms with van der Waals surface area (Å²) in [5, 5.41) is 15.7. The highest BCUT2D eigenvalue weighted by Gasteiger charge is 2.21. The van der Waals surface area contributed by atoms with Gasteiger partial charge in [0.25, 0.3) is 5.89 Å². The first-order valence-electron chi connectivity index (χ1n) is 8.50. The van der Waals surface area contributed by atoms with Crippen molar-refractivity contribution in [3.63, 3.8) is 0 Å². The molecule has 0 amide bonds. The van der Waals surface area contributed by atoms with Gasteiger partial charge in [0.1, 0.15) is 5.82 Å². The van der Waals surface area contributed by atoms with Gasteiger partial charge in [-0.05, 0) is 37.1 Å². The van der Waals surface area contributed by atoms with Gasteiger partial charge >= 0.3 is 0 Å². The molecule has 0 radical (unpaired) electrons. The topological polar surface area (TPSA) is 81.7 Å². The average Bonchev–Trinajstić information content (AvgIpc) is 3.18. The van der Waals surface area contributed by atoms with Crippen molar-refractivity contribution >= 4 is 0 Å². The molecule has 1 fully saturated rings. The number of rotatable bonds is 4. The molecule has 1 saturated heterocycles. The summed E-state index contributed by atoms with van der Waals surface area (Å²) in [7, 11) is 0. The normalized spacial score (nSPS) is 18.2. The molecular weight excluding hydrogens is 323 g/mol. The van der Waals surface area contributed by atoms with Gasteiger partial charge in [-0.3, -0.25) is 0 Å². The van der Waals surface area contributed by atoms with Crippen LogP contribution in [0.4, 0.5) is 4.39 Å². The Morgan fingerprint density at radius 1 is 1.28 bits per heavy atom. The summed E-state index contributed by atoms with van der Waals surface area (Å²) < 4.78 is 20.2. The fourth-order valence-corrected chi connectivity index (χ4v) is 3.03. The summed E-state index contributed by atoms with van der Waals surface area (Å²) in [6.07, 6.45) is 6.29. The molecule has 0 bridgehead atoms. The van der Waals surface area contributed by atoms with E-state index in [-0.39, 0.29) is 11.9 Å². The number of benzene rings is 1. The Kier molecular flexibility index (Phi) is 4.51. The summed E-state index contributed by atoms with van der Waals surface area (Å²) >= 11 is 0. The van der Waals surface area contributed by atoms with E-state index in [4.69, 9.17) is 4.52 Å². The Hall–Kier alpha value is -2.61. The highest BCUT2D eigenvalue weighted by Crippen LogP contribution is 2.23. The summed E-state index contributed by atoms with van der Waals surface area (Å²) in [6.45, 7) is 1.40. The lowest BCUT2D eigenvalue weighted by atomic mass is 10.1. The highest BCUT2D eigenvalue weighted by molar-refractivity contribution is 5.43. The zero-order valence-electron chi connectivity index (χ0n) is 13.7. The lowest BCUT2D eigenvalue weighted by Crippen LogP contribution is -2.21. The fraction of sp³-hybridized carbons (Fsp3) is 0.412. The molecular formula is C17H19FN6O. The Morgan fingerprint density at radius 2 is 2.24 bits per heavy atom. The second kappa shape index (κ2) is 7.10. The number of nitrogens with zero attached hydrogens (tertiary/aromatic N) is 5. The minimum Gasteiger partial charge on any atom is -0.332 e. The second-order valence-electron chi connectivity index (χ2n) is 6.25. The summed E-state index contributed by atoms with van der Waals surface area (Å²) in [6, 6.07) is 6.53. The molecule has 0 aliphatic carbocycles. The summed E-state index contributed by atoms with van der Waals surface area (Å²) in [5.74, 6) is 0.749. The molecule has 0 spiro atoms. The van der Waals surface area contributed by atoms with Gasteiger partial charge in [-0.2, -0.15) is 4.98 Å². The van der Waals surface area contributed by atoms with Crippen LogP contribution in [0.2, 0.25) is 0 Å². The quantitative estimate of drug-likeness (QED) is 0.785. The van der Waals surface area contributed by atoms with Crippen LogP contribution < -0.4 is 5.32 Å². The molecule has 7 nitrogen and oxygen atoms in total. The Bertz CT molecular complexity index is 837. The maximum atomic E-state index is 13.3. The molecule has 1 aromatic carbocycles. The van der Waals surface area contributed by atoms with E-state index in [2.05, 4.69) is 25.8 Å². The third-order valence-electron chi connectivity index (χ3n) is 4.31. The molecule has 3 aromatic rings. The highest BCUT2D eigenvalue weighted by atomic mass is 19.1. The van der Waals surface area contributed by atoms with E-state index >= 15 is 0 Å². The standard InChI is InChI=1S/C17H19FN6O/c18-13-6-4-5-12(9-13)10-24-11-15(21-23-24)17-20-16(22-25-17)14-7-2-1-3-8-19-14/h4-6,9,11,14,19H,1-3,7-8,10H2/t14-/m1/s1. The van der Waals surface area contributed by atoms with Gasteiger partial charge in [-0.15, -0.1) is 5.10 Å². The summed E-state index contributed by atoms with van der Waals surface area (Å²) in [4.78, 5) is 4.46. The third kappa shape index (κ3) is 3.74. The molecule has 1 N–H and O–H groups in total. The molecule has 1 aliphatic rings. The van der Waals surface area contributed by atoms with Crippen LogP contribution in [0.1, 0.15) is 43.1 Å². The van der Waals surface area contributed by atoms with Crippen LogP contribution in [0.15, 0.2) is 35.0 Å². The second-order valence-corrected chi connectivity index (χ2v) is 6.25. The minimum absolute atomic E-state index is 0.127. The van der Waals surface area contributed by atoms with E-state index in [1.54, 1.807) is 16.9 Å². The average molecular weight is 342 g/mol. The molecule has 130 valence electrons. The molecule has 1 aliphatic heterocycles. The Labute approximate surface area is 144 Å². The van der Waals surface area contributed by atoms with Crippen molar-refractivity contribution in [3.05, 3.63) is 47.7 Å².